The first-order valence-corrected chi connectivity index (χ1v) is 6.81. The molecule has 0 aliphatic carbocycles. The molecule has 1 aromatic carbocycles. The van der Waals surface area contributed by atoms with Gasteiger partial charge in [0.1, 0.15) is 0 Å². The molecule has 2 N–H and O–H groups in total. The first kappa shape index (κ1) is 12.8. The highest BCUT2D eigenvalue weighted by atomic mass is 16.5. The molecule has 0 saturated carbocycles. The molecule has 0 bridgehead atoms. The Labute approximate surface area is 119 Å². The number of pyridine rings is 1. The Bertz CT molecular complexity index is 640. The zero-order chi connectivity index (χ0) is 14.1. The molecular weight excluding hydrogens is 250 g/mol. The third-order valence-electron chi connectivity index (χ3n) is 3.85. The molecule has 0 unspecified atom stereocenters. The Kier molecular flexibility index (Phi) is 3.22. The van der Waals surface area contributed by atoms with E-state index in [2.05, 4.69) is 22.0 Å². The van der Waals surface area contributed by atoms with Gasteiger partial charge in [0.25, 0.3) is 0 Å². The van der Waals surface area contributed by atoms with Crippen molar-refractivity contribution in [3.8, 4) is 5.75 Å². The van der Waals surface area contributed by atoms with Crippen molar-refractivity contribution in [2.75, 3.05) is 24.3 Å². The fourth-order valence-corrected chi connectivity index (χ4v) is 2.78. The number of fused-ring (bicyclic) bond motifs is 1. The molecule has 2 aromatic rings. The van der Waals surface area contributed by atoms with E-state index in [0.29, 0.717) is 0 Å². The highest BCUT2D eigenvalue weighted by Gasteiger charge is 2.20. The number of nitrogens with two attached hydrogens (primary N) is 1. The molecule has 0 radical (unpaired) electrons. The summed E-state index contributed by atoms with van der Waals surface area (Å²) < 4.78 is 5.44. The minimum absolute atomic E-state index is 0.822. The highest BCUT2D eigenvalue weighted by Crippen LogP contribution is 2.33. The Morgan fingerprint density at radius 1 is 1.35 bits per heavy atom. The molecule has 4 heteroatoms. The number of nitrogen functional groups attached to an aromatic ring is 1. The van der Waals surface area contributed by atoms with E-state index in [4.69, 9.17) is 10.5 Å². The molecule has 0 saturated heterocycles. The van der Waals surface area contributed by atoms with Gasteiger partial charge in [0.2, 0.25) is 0 Å². The number of nitrogens with zero attached hydrogens (tertiary/aromatic N) is 2. The lowest BCUT2D eigenvalue weighted by Crippen LogP contribution is -2.31. The largest absolute Gasteiger partial charge is 0.493 e. The third-order valence-corrected chi connectivity index (χ3v) is 3.85. The van der Waals surface area contributed by atoms with Crippen molar-refractivity contribution in [3.63, 3.8) is 0 Å². The second-order valence-corrected chi connectivity index (χ2v) is 5.15. The van der Waals surface area contributed by atoms with Crippen LogP contribution in [0, 0.1) is 6.92 Å². The number of aromatic nitrogens is 1. The first-order valence-electron chi connectivity index (χ1n) is 6.81. The summed E-state index contributed by atoms with van der Waals surface area (Å²) in [6.45, 7) is 3.81. The van der Waals surface area contributed by atoms with Crippen LogP contribution in [-0.2, 0) is 13.0 Å². The summed E-state index contributed by atoms with van der Waals surface area (Å²) >= 11 is 0. The van der Waals surface area contributed by atoms with E-state index in [9.17, 15) is 0 Å². The van der Waals surface area contributed by atoms with Crippen LogP contribution in [0.25, 0.3) is 0 Å². The van der Waals surface area contributed by atoms with Crippen molar-refractivity contribution >= 4 is 11.4 Å². The Morgan fingerprint density at radius 3 is 3.00 bits per heavy atom. The lowest BCUT2D eigenvalue weighted by Gasteiger charge is -2.32. The van der Waals surface area contributed by atoms with Gasteiger partial charge in [0.05, 0.1) is 19.0 Å². The molecule has 0 spiro atoms. The van der Waals surface area contributed by atoms with Crippen LogP contribution in [0.5, 0.6) is 5.75 Å². The SMILES string of the molecule is COc1cnc(C)cc1N1CCc2c(N)cccc2C1. The van der Waals surface area contributed by atoms with Crippen LogP contribution < -0.4 is 15.4 Å². The van der Waals surface area contributed by atoms with Crippen LogP contribution in [0.2, 0.25) is 0 Å². The van der Waals surface area contributed by atoms with E-state index >= 15 is 0 Å². The predicted molar refractivity (Wildman–Crippen MR) is 81.1 cm³/mol. The molecule has 20 heavy (non-hydrogen) atoms. The number of aryl methyl sites for hydroxylation is 1. The topological polar surface area (TPSA) is 51.4 Å². The number of hydrogen-bond acceptors (Lipinski definition) is 4. The van der Waals surface area contributed by atoms with Gasteiger partial charge in [0.15, 0.2) is 5.75 Å². The van der Waals surface area contributed by atoms with E-state index in [-0.39, 0.29) is 0 Å². The van der Waals surface area contributed by atoms with E-state index in [0.717, 1.165) is 42.3 Å². The second-order valence-electron chi connectivity index (χ2n) is 5.15. The Hall–Kier alpha value is -2.23. The maximum Gasteiger partial charge on any atom is 0.160 e. The van der Waals surface area contributed by atoms with Crippen LogP contribution in [-0.4, -0.2) is 18.6 Å². The van der Waals surface area contributed by atoms with E-state index < -0.39 is 0 Å². The van der Waals surface area contributed by atoms with Crippen molar-refractivity contribution in [2.45, 2.75) is 19.9 Å². The number of ether oxygens (including phenoxy) is 1. The summed E-state index contributed by atoms with van der Waals surface area (Å²) in [5.74, 6) is 0.822. The van der Waals surface area contributed by atoms with Crippen molar-refractivity contribution in [1.29, 1.82) is 0 Å². The zero-order valence-corrected chi connectivity index (χ0v) is 11.9. The quantitative estimate of drug-likeness (QED) is 0.851. The third kappa shape index (κ3) is 2.18. The maximum atomic E-state index is 6.05. The number of anilines is 2. The molecule has 4 nitrogen and oxygen atoms in total. The zero-order valence-electron chi connectivity index (χ0n) is 11.9. The van der Waals surface area contributed by atoms with Crippen molar-refractivity contribution in [1.82, 2.24) is 4.98 Å². The molecule has 2 heterocycles. The van der Waals surface area contributed by atoms with Gasteiger partial charge in [-0.2, -0.15) is 0 Å². The molecule has 0 amide bonds. The predicted octanol–water partition coefficient (Wildman–Crippen LogP) is 2.54. The molecule has 1 aromatic heterocycles. The first-order chi connectivity index (χ1) is 9.69. The Balaban J connectivity index is 1.96. The van der Waals surface area contributed by atoms with Crippen molar-refractivity contribution in [2.24, 2.45) is 0 Å². The fourth-order valence-electron chi connectivity index (χ4n) is 2.78. The number of methoxy groups -OCH3 is 1. The fraction of sp³-hybridized carbons (Fsp3) is 0.312. The summed E-state index contributed by atoms with van der Waals surface area (Å²) in [7, 11) is 1.69. The van der Waals surface area contributed by atoms with Gasteiger partial charge in [-0.1, -0.05) is 12.1 Å². The molecule has 1 aliphatic rings. The van der Waals surface area contributed by atoms with E-state index in [1.807, 2.05) is 19.1 Å². The molecular formula is C16H19N3O. The van der Waals surface area contributed by atoms with Gasteiger partial charge in [-0.25, -0.2) is 0 Å². The van der Waals surface area contributed by atoms with Crippen LogP contribution in [0.15, 0.2) is 30.5 Å². The van der Waals surface area contributed by atoms with Gasteiger partial charge >= 0.3 is 0 Å². The normalized spacial score (nSPS) is 14.0. The van der Waals surface area contributed by atoms with Gasteiger partial charge < -0.3 is 15.4 Å². The minimum Gasteiger partial charge on any atom is -0.493 e. The van der Waals surface area contributed by atoms with Gasteiger partial charge in [-0.05, 0) is 36.6 Å². The molecule has 3 rings (SSSR count). The number of rotatable bonds is 2. The van der Waals surface area contributed by atoms with Crippen LogP contribution in [0.1, 0.15) is 16.8 Å². The van der Waals surface area contributed by atoms with Crippen LogP contribution in [0.4, 0.5) is 11.4 Å². The number of hydrogen-bond donors (Lipinski definition) is 1. The molecule has 0 atom stereocenters. The second kappa shape index (κ2) is 5.04. The Morgan fingerprint density at radius 2 is 2.20 bits per heavy atom. The molecule has 1 aliphatic heterocycles. The minimum atomic E-state index is 0.822. The summed E-state index contributed by atoms with van der Waals surface area (Å²) in [5, 5.41) is 0. The van der Waals surface area contributed by atoms with Crippen molar-refractivity contribution in [3.05, 3.63) is 47.3 Å². The average molecular weight is 269 g/mol. The molecule has 104 valence electrons. The van der Waals surface area contributed by atoms with Gasteiger partial charge in [-0.15, -0.1) is 0 Å². The summed E-state index contributed by atoms with van der Waals surface area (Å²) in [6, 6.07) is 8.23. The number of benzene rings is 1. The molecule has 0 fully saturated rings. The van der Waals surface area contributed by atoms with Crippen molar-refractivity contribution < 1.29 is 4.74 Å². The van der Waals surface area contributed by atoms with E-state index in [1.54, 1.807) is 13.3 Å². The highest BCUT2D eigenvalue weighted by molar-refractivity contribution is 5.61. The average Bonchev–Trinajstić information content (AvgIpc) is 2.47. The van der Waals surface area contributed by atoms with Crippen LogP contribution >= 0.6 is 0 Å². The monoisotopic (exact) mass is 269 g/mol. The smallest absolute Gasteiger partial charge is 0.160 e. The van der Waals surface area contributed by atoms with Gasteiger partial charge in [0, 0.05) is 24.5 Å². The summed E-state index contributed by atoms with van der Waals surface area (Å²) in [5.41, 5.74) is 11.6. The standard InChI is InChI=1S/C16H19N3O/c1-11-8-15(16(20-2)9-18-11)19-7-6-13-12(10-19)4-3-5-14(13)17/h3-5,8-9H,6-7,10,17H2,1-2H3. The maximum absolute atomic E-state index is 6.05. The lowest BCUT2D eigenvalue weighted by molar-refractivity contribution is 0.411. The lowest BCUT2D eigenvalue weighted by atomic mass is 9.97. The van der Waals surface area contributed by atoms with Gasteiger partial charge in [-0.3, -0.25) is 4.98 Å². The summed E-state index contributed by atoms with van der Waals surface area (Å²) in [4.78, 5) is 6.62. The van der Waals surface area contributed by atoms with E-state index in [1.165, 1.54) is 11.1 Å². The summed E-state index contributed by atoms with van der Waals surface area (Å²) in [6.07, 6.45) is 2.76. The van der Waals surface area contributed by atoms with Crippen LogP contribution in [0.3, 0.4) is 0 Å².